The van der Waals surface area contributed by atoms with E-state index in [0.717, 1.165) is 0 Å². The third-order valence-electron chi connectivity index (χ3n) is 9.16. The average molecular weight is 656 g/mol. The van der Waals surface area contributed by atoms with Gasteiger partial charge in [-0.2, -0.15) is 0 Å². The Kier molecular flexibility index (Phi) is 13.2. The second-order valence-electron chi connectivity index (χ2n) is 14.4. The largest absolute Gasteiger partial charge is 0.508 e. The standard InChI is InChI=1S/C37H57NO7Si/c1-12-27(3)33(45-34-32(44-35(39)41-11)31(38(9)10)23-28(4)43-34)37(8,40)24-26(2)25-42-46(36(5,6)7,29-19-15-13-16-20-29)30-21-17-14-18-22-30/h12-22,26-28,31-34,40H,1,23-25H2,2-11H3/t26-,27+,28-,31+,32-,33-,34?,37-/m1/s1. The molecular weight excluding hydrogens is 598 g/mol. The van der Waals surface area contributed by atoms with Crippen LogP contribution >= 0.6 is 0 Å². The van der Waals surface area contributed by atoms with Gasteiger partial charge in [-0.25, -0.2) is 4.79 Å². The summed E-state index contributed by atoms with van der Waals surface area (Å²) in [4.78, 5) is 14.3. The van der Waals surface area contributed by atoms with Crippen LogP contribution in [0.25, 0.3) is 0 Å². The summed E-state index contributed by atoms with van der Waals surface area (Å²) in [5, 5.41) is 14.4. The molecule has 0 saturated carbocycles. The minimum absolute atomic E-state index is 0.0254. The third kappa shape index (κ3) is 8.88. The monoisotopic (exact) mass is 655 g/mol. The van der Waals surface area contributed by atoms with Crippen molar-refractivity contribution < 1.29 is 33.3 Å². The second-order valence-corrected chi connectivity index (χ2v) is 18.7. The molecule has 1 heterocycles. The van der Waals surface area contributed by atoms with Gasteiger partial charge >= 0.3 is 6.16 Å². The van der Waals surface area contributed by atoms with Crippen LogP contribution in [0.3, 0.4) is 0 Å². The van der Waals surface area contributed by atoms with Crippen LogP contribution < -0.4 is 10.4 Å². The highest BCUT2D eigenvalue weighted by Gasteiger charge is 2.51. The molecule has 8 atom stereocenters. The lowest BCUT2D eigenvalue weighted by atomic mass is 9.82. The first-order valence-corrected chi connectivity index (χ1v) is 18.3. The number of ether oxygens (including phenoxy) is 4. The summed E-state index contributed by atoms with van der Waals surface area (Å²) in [6, 6.07) is 20.9. The third-order valence-corrected chi connectivity index (χ3v) is 14.2. The molecule has 3 rings (SSSR count). The number of rotatable bonds is 14. The van der Waals surface area contributed by atoms with Gasteiger partial charge in [0.25, 0.3) is 8.32 Å². The predicted octanol–water partition coefficient (Wildman–Crippen LogP) is 5.76. The van der Waals surface area contributed by atoms with Gasteiger partial charge in [-0.15, -0.1) is 6.58 Å². The molecule has 0 spiro atoms. The Morgan fingerprint density at radius 2 is 1.61 bits per heavy atom. The van der Waals surface area contributed by atoms with Crippen LogP contribution in [-0.2, 0) is 23.4 Å². The number of hydrogen-bond donors (Lipinski definition) is 1. The molecule has 0 bridgehead atoms. The summed E-state index contributed by atoms with van der Waals surface area (Å²) in [7, 11) is 2.39. The number of nitrogens with zero attached hydrogens (tertiary/aromatic N) is 1. The van der Waals surface area contributed by atoms with Crippen molar-refractivity contribution in [2.45, 2.75) is 103 Å². The number of likely N-dealkylation sites (N-methyl/N-ethyl adjacent to an activating group) is 1. The van der Waals surface area contributed by atoms with E-state index in [9.17, 15) is 9.90 Å². The van der Waals surface area contributed by atoms with Crippen molar-refractivity contribution in [3.63, 3.8) is 0 Å². The van der Waals surface area contributed by atoms with Gasteiger partial charge in [0.15, 0.2) is 12.4 Å². The first kappa shape index (κ1) is 37.9. The molecule has 1 unspecified atom stereocenters. The number of hydrogen-bond acceptors (Lipinski definition) is 8. The zero-order chi connectivity index (χ0) is 34.3. The molecule has 1 fully saturated rings. The first-order chi connectivity index (χ1) is 21.6. The van der Waals surface area contributed by atoms with E-state index in [2.05, 4.69) is 82.8 Å². The maximum Gasteiger partial charge on any atom is 0.508 e. The number of carbonyl (C=O) groups excluding carboxylic acids is 1. The van der Waals surface area contributed by atoms with Crippen LogP contribution in [0.5, 0.6) is 0 Å². The molecule has 2 aromatic carbocycles. The highest BCUT2D eigenvalue weighted by Crippen LogP contribution is 2.38. The molecule has 256 valence electrons. The highest BCUT2D eigenvalue weighted by molar-refractivity contribution is 6.99. The van der Waals surface area contributed by atoms with Crippen LogP contribution in [0.4, 0.5) is 4.79 Å². The molecule has 1 aliphatic heterocycles. The topological polar surface area (TPSA) is 86.7 Å². The quantitative estimate of drug-likeness (QED) is 0.156. The Morgan fingerprint density at radius 3 is 2.07 bits per heavy atom. The summed E-state index contributed by atoms with van der Waals surface area (Å²) >= 11 is 0. The van der Waals surface area contributed by atoms with Crippen molar-refractivity contribution in [1.82, 2.24) is 4.90 Å². The van der Waals surface area contributed by atoms with E-state index in [4.69, 9.17) is 23.4 Å². The second kappa shape index (κ2) is 16.0. The normalized spacial score (nSPS) is 24.0. The number of methoxy groups -OCH3 is 1. The van der Waals surface area contributed by atoms with Gasteiger partial charge in [0.1, 0.15) is 0 Å². The van der Waals surface area contributed by atoms with E-state index in [1.165, 1.54) is 17.5 Å². The lowest BCUT2D eigenvalue weighted by molar-refractivity contribution is -0.293. The zero-order valence-electron chi connectivity index (χ0n) is 29.6. The summed E-state index contributed by atoms with van der Waals surface area (Å²) in [5.41, 5.74) is -1.30. The van der Waals surface area contributed by atoms with E-state index in [1.807, 2.05) is 45.0 Å². The Hall–Kier alpha value is -2.53. The maximum atomic E-state index is 12.3. The Bertz CT molecular complexity index is 1190. The van der Waals surface area contributed by atoms with E-state index in [-0.39, 0.29) is 29.0 Å². The number of carbonyl (C=O) groups is 1. The summed E-state index contributed by atoms with van der Waals surface area (Å²) in [6.45, 7) is 19.1. The zero-order valence-corrected chi connectivity index (χ0v) is 30.6. The Morgan fingerprint density at radius 1 is 1.07 bits per heavy atom. The maximum absolute atomic E-state index is 12.3. The molecule has 0 radical (unpaired) electrons. The Balaban J connectivity index is 1.89. The van der Waals surface area contributed by atoms with Crippen molar-refractivity contribution >= 4 is 24.8 Å². The van der Waals surface area contributed by atoms with Crippen LogP contribution in [-0.4, -0.2) is 88.5 Å². The SMILES string of the molecule is C=C[C@H](C)[C@@H](OC1O[C@H](C)C[C@H](N(C)C)[C@H]1OC(=O)OC)[C@](C)(O)C[C@@H](C)CO[Si](c1ccccc1)(c1ccccc1)C(C)(C)C. The van der Waals surface area contributed by atoms with Crippen LogP contribution in [0, 0.1) is 11.8 Å². The van der Waals surface area contributed by atoms with Gasteiger partial charge in [0.05, 0.1) is 31.0 Å². The smallest absolute Gasteiger partial charge is 0.438 e. The molecule has 2 aromatic rings. The van der Waals surface area contributed by atoms with Crippen molar-refractivity contribution in [2.24, 2.45) is 11.8 Å². The van der Waals surface area contributed by atoms with Gasteiger partial charge in [-0.1, -0.05) is 101 Å². The molecular formula is C37H57NO7Si. The van der Waals surface area contributed by atoms with Crippen molar-refractivity contribution in [3.05, 3.63) is 73.3 Å². The molecule has 0 amide bonds. The van der Waals surface area contributed by atoms with Crippen molar-refractivity contribution in [1.29, 1.82) is 0 Å². The number of benzene rings is 2. The van der Waals surface area contributed by atoms with Gasteiger partial charge in [0.2, 0.25) is 0 Å². The average Bonchev–Trinajstić information content (AvgIpc) is 3.00. The Labute approximate surface area is 278 Å². The number of aliphatic hydroxyl groups is 1. The van der Waals surface area contributed by atoms with Gasteiger partial charge in [-0.05, 0) is 62.1 Å². The molecule has 0 aromatic heterocycles. The summed E-state index contributed by atoms with van der Waals surface area (Å²) in [6.07, 6.45) is -0.533. The molecule has 9 heteroatoms. The summed E-state index contributed by atoms with van der Waals surface area (Å²) in [5.74, 6) is -0.264. The molecule has 1 aliphatic rings. The van der Waals surface area contributed by atoms with E-state index in [0.29, 0.717) is 19.4 Å². The molecule has 46 heavy (non-hydrogen) atoms. The van der Waals surface area contributed by atoms with Crippen LogP contribution in [0.2, 0.25) is 5.04 Å². The van der Waals surface area contributed by atoms with Crippen LogP contribution in [0.15, 0.2) is 73.3 Å². The first-order valence-electron chi connectivity index (χ1n) is 16.4. The van der Waals surface area contributed by atoms with E-state index < -0.39 is 38.6 Å². The highest BCUT2D eigenvalue weighted by atomic mass is 28.4. The lowest BCUT2D eigenvalue weighted by Crippen LogP contribution is -2.67. The molecule has 0 aliphatic carbocycles. The summed E-state index contributed by atoms with van der Waals surface area (Å²) < 4.78 is 30.6. The fourth-order valence-electron chi connectivity index (χ4n) is 6.94. The van der Waals surface area contributed by atoms with E-state index >= 15 is 0 Å². The predicted molar refractivity (Wildman–Crippen MR) is 186 cm³/mol. The molecule has 8 nitrogen and oxygen atoms in total. The minimum Gasteiger partial charge on any atom is -0.438 e. The molecule has 1 N–H and O–H groups in total. The fraction of sp³-hybridized carbons (Fsp3) is 0.595. The van der Waals surface area contributed by atoms with Crippen LogP contribution in [0.1, 0.15) is 61.3 Å². The van der Waals surface area contributed by atoms with Gasteiger partial charge in [-0.3, -0.25) is 0 Å². The molecule has 1 saturated heterocycles. The fourth-order valence-corrected chi connectivity index (χ4v) is 11.6. The lowest BCUT2D eigenvalue weighted by Gasteiger charge is -2.46. The van der Waals surface area contributed by atoms with E-state index in [1.54, 1.807) is 13.0 Å². The van der Waals surface area contributed by atoms with Gasteiger partial charge in [0, 0.05) is 12.5 Å². The van der Waals surface area contributed by atoms with Gasteiger partial charge < -0.3 is 33.4 Å². The van der Waals surface area contributed by atoms with Crippen molar-refractivity contribution in [3.8, 4) is 0 Å². The van der Waals surface area contributed by atoms with Crippen molar-refractivity contribution in [2.75, 3.05) is 27.8 Å². The minimum atomic E-state index is -2.75.